The normalized spacial score (nSPS) is 19.2. The predicted molar refractivity (Wildman–Crippen MR) is 85.6 cm³/mol. The molecule has 1 aromatic rings. The first-order valence-electron chi connectivity index (χ1n) is 7.52. The van der Waals surface area contributed by atoms with E-state index in [0.717, 1.165) is 0 Å². The third-order valence-electron chi connectivity index (χ3n) is 3.88. The Hall–Kier alpha value is -2.11. The molecule has 1 aromatic heterocycles. The third-order valence-corrected chi connectivity index (χ3v) is 3.88. The Balaban J connectivity index is 2.19. The van der Waals surface area contributed by atoms with E-state index in [2.05, 4.69) is 4.98 Å². The van der Waals surface area contributed by atoms with E-state index in [1.54, 1.807) is 18.3 Å². The van der Waals surface area contributed by atoms with E-state index in [1.165, 1.54) is 0 Å². The number of piperazine rings is 1. The molecule has 22 heavy (non-hydrogen) atoms. The molecule has 1 fully saturated rings. The van der Waals surface area contributed by atoms with E-state index >= 15 is 0 Å². The molecule has 0 spiro atoms. The van der Waals surface area contributed by atoms with Crippen LogP contribution in [0.3, 0.4) is 0 Å². The summed E-state index contributed by atoms with van der Waals surface area (Å²) in [4.78, 5) is 32.2. The Morgan fingerprint density at radius 2 is 2.00 bits per heavy atom. The van der Waals surface area contributed by atoms with Crippen molar-refractivity contribution in [1.29, 1.82) is 0 Å². The SMILES string of the molecule is C[C@@H]1CN(C(=O)C(C)(C)C)CCN1c1ncccc1C(N)=O. The molecule has 6 nitrogen and oxygen atoms in total. The number of nitrogens with two attached hydrogens (primary N) is 1. The maximum absolute atomic E-state index is 12.4. The average molecular weight is 304 g/mol. The molecule has 1 saturated heterocycles. The fourth-order valence-electron chi connectivity index (χ4n) is 2.75. The molecule has 1 aliphatic rings. The molecule has 0 saturated carbocycles. The molecule has 0 aromatic carbocycles. The van der Waals surface area contributed by atoms with Crippen molar-refractivity contribution in [2.45, 2.75) is 33.7 Å². The highest BCUT2D eigenvalue weighted by atomic mass is 16.2. The summed E-state index contributed by atoms with van der Waals surface area (Å²) in [5.74, 6) is 0.268. The van der Waals surface area contributed by atoms with Gasteiger partial charge in [-0.3, -0.25) is 9.59 Å². The zero-order valence-corrected chi connectivity index (χ0v) is 13.7. The van der Waals surface area contributed by atoms with Crippen molar-refractivity contribution in [3.63, 3.8) is 0 Å². The minimum atomic E-state index is -0.483. The maximum Gasteiger partial charge on any atom is 0.252 e. The van der Waals surface area contributed by atoms with Gasteiger partial charge in [-0.15, -0.1) is 0 Å². The van der Waals surface area contributed by atoms with Gasteiger partial charge < -0.3 is 15.5 Å². The van der Waals surface area contributed by atoms with Crippen molar-refractivity contribution < 1.29 is 9.59 Å². The van der Waals surface area contributed by atoms with E-state index in [0.29, 0.717) is 31.0 Å². The van der Waals surface area contributed by atoms with Crippen LogP contribution in [0.15, 0.2) is 18.3 Å². The highest BCUT2D eigenvalue weighted by Gasteiger charge is 2.33. The van der Waals surface area contributed by atoms with Crippen LogP contribution < -0.4 is 10.6 Å². The van der Waals surface area contributed by atoms with E-state index in [4.69, 9.17) is 5.73 Å². The molecule has 2 rings (SSSR count). The summed E-state index contributed by atoms with van der Waals surface area (Å²) in [6.07, 6.45) is 1.65. The van der Waals surface area contributed by atoms with Crippen LogP contribution >= 0.6 is 0 Å². The zero-order valence-electron chi connectivity index (χ0n) is 13.7. The van der Waals surface area contributed by atoms with Crippen LogP contribution in [-0.4, -0.2) is 47.4 Å². The first-order valence-corrected chi connectivity index (χ1v) is 7.52. The minimum Gasteiger partial charge on any atom is -0.365 e. The molecular weight excluding hydrogens is 280 g/mol. The van der Waals surface area contributed by atoms with Gasteiger partial charge in [0, 0.05) is 37.3 Å². The van der Waals surface area contributed by atoms with E-state index in [1.807, 2.05) is 37.5 Å². The Labute approximate surface area is 131 Å². The summed E-state index contributed by atoms with van der Waals surface area (Å²) < 4.78 is 0. The summed E-state index contributed by atoms with van der Waals surface area (Å²) in [7, 11) is 0. The second kappa shape index (κ2) is 5.94. The van der Waals surface area contributed by atoms with Gasteiger partial charge in [0.05, 0.1) is 5.56 Å². The topological polar surface area (TPSA) is 79.5 Å². The van der Waals surface area contributed by atoms with E-state index in [-0.39, 0.29) is 17.4 Å². The number of aromatic nitrogens is 1. The molecule has 6 heteroatoms. The summed E-state index contributed by atoms with van der Waals surface area (Å²) in [6, 6.07) is 3.46. The smallest absolute Gasteiger partial charge is 0.252 e. The van der Waals surface area contributed by atoms with Gasteiger partial charge in [0.15, 0.2) is 0 Å². The molecular formula is C16H24N4O2. The van der Waals surface area contributed by atoms with Gasteiger partial charge in [-0.25, -0.2) is 4.98 Å². The van der Waals surface area contributed by atoms with Crippen molar-refractivity contribution >= 4 is 17.6 Å². The van der Waals surface area contributed by atoms with Gasteiger partial charge >= 0.3 is 0 Å². The second-order valence-electron chi connectivity index (χ2n) is 6.78. The fraction of sp³-hybridized carbons (Fsp3) is 0.562. The lowest BCUT2D eigenvalue weighted by molar-refractivity contribution is -0.140. The number of primary amides is 1. The lowest BCUT2D eigenvalue weighted by Crippen LogP contribution is -2.56. The summed E-state index contributed by atoms with van der Waals surface area (Å²) in [6.45, 7) is 9.69. The molecule has 1 aliphatic heterocycles. The average Bonchev–Trinajstić information content (AvgIpc) is 2.45. The summed E-state index contributed by atoms with van der Waals surface area (Å²) >= 11 is 0. The molecule has 0 aliphatic carbocycles. The minimum absolute atomic E-state index is 0.0769. The molecule has 2 heterocycles. The van der Waals surface area contributed by atoms with E-state index in [9.17, 15) is 9.59 Å². The van der Waals surface area contributed by atoms with Crippen LogP contribution in [0, 0.1) is 5.41 Å². The van der Waals surface area contributed by atoms with Crippen LogP contribution in [0.25, 0.3) is 0 Å². The molecule has 0 bridgehead atoms. The first-order chi connectivity index (χ1) is 10.2. The molecule has 1 atom stereocenters. The number of amides is 2. The van der Waals surface area contributed by atoms with Crippen LogP contribution in [0.1, 0.15) is 38.1 Å². The monoisotopic (exact) mass is 304 g/mol. The van der Waals surface area contributed by atoms with Crippen LogP contribution in [0.5, 0.6) is 0 Å². The summed E-state index contributed by atoms with van der Waals surface area (Å²) in [5.41, 5.74) is 5.47. The number of pyridine rings is 1. The lowest BCUT2D eigenvalue weighted by atomic mass is 9.94. The predicted octanol–water partition coefficient (Wildman–Crippen LogP) is 1.26. The number of hydrogen-bond donors (Lipinski definition) is 1. The molecule has 120 valence electrons. The van der Waals surface area contributed by atoms with Gasteiger partial charge in [-0.1, -0.05) is 20.8 Å². The molecule has 2 amide bonds. The molecule has 2 N–H and O–H groups in total. The Kier molecular flexibility index (Phi) is 4.39. The fourth-order valence-corrected chi connectivity index (χ4v) is 2.75. The number of rotatable bonds is 2. The maximum atomic E-state index is 12.4. The van der Waals surface area contributed by atoms with Gasteiger partial charge in [0.2, 0.25) is 5.91 Å². The largest absolute Gasteiger partial charge is 0.365 e. The number of carbonyl (C=O) groups is 2. The number of hydrogen-bond acceptors (Lipinski definition) is 4. The Morgan fingerprint density at radius 3 is 2.55 bits per heavy atom. The molecule has 0 radical (unpaired) electrons. The lowest BCUT2D eigenvalue weighted by Gasteiger charge is -2.42. The zero-order chi connectivity index (χ0) is 16.5. The van der Waals surface area contributed by atoms with Crippen LogP contribution in [-0.2, 0) is 4.79 Å². The highest BCUT2D eigenvalue weighted by Crippen LogP contribution is 2.25. The van der Waals surface area contributed by atoms with Crippen molar-refractivity contribution in [2.24, 2.45) is 11.1 Å². The third kappa shape index (κ3) is 3.21. The Bertz CT molecular complexity index is 580. The van der Waals surface area contributed by atoms with Crippen LogP contribution in [0.2, 0.25) is 0 Å². The van der Waals surface area contributed by atoms with Crippen LogP contribution in [0.4, 0.5) is 5.82 Å². The number of carbonyl (C=O) groups excluding carboxylic acids is 2. The number of nitrogens with zero attached hydrogens (tertiary/aromatic N) is 3. The van der Waals surface area contributed by atoms with Gasteiger partial charge in [-0.05, 0) is 19.1 Å². The number of anilines is 1. The standard InChI is InChI=1S/C16H24N4O2/c1-11-10-19(15(22)16(2,3)4)8-9-20(11)14-12(13(17)21)6-5-7-18-14/h5-7,11H,8-10H2,1-4H3,(H2,17,21)/t11-/m1/s1. The van der Waals surface area contributed by atoms with Gasteiger partial charge in [0.1, 0.15) is 5.82 Å². The quantitative estimate of drug-likeness (QED) is 0.892. The van der Waals surface area contributed by atoms with E-state index < -0.39 is 5.91 Å². The first kappa shape index (κ1) is 16.3. The van der Waals surface area contributed by atoms with Gasteiger partial charge in [-0.2, -0.15) is 0 Å². The second-order valence-corrected chi connectivity index (χ2v) is 6.78. The Morgan fingerprint density at radius 1 is 1.32 bits per heavy atom. The van der Waals surface area contributed by atoms with Crippen molar-refractivity contribution in [3.05, 3.63) is 23.9 Å². The highest BCUT2D eigenvalue weighted by molar-refractivity contribution is 5.97. The van der Waals surface area contributed by atoms with Crippen molar-refractivity contribution in [3.8, 4) is 0 Å². The van der Waals surface area contributed by atoms with Crippen molar-refractivity contribution in [1.82, 2.24) is 9.88 Å². The van der Waals surface area contributed by atoms with Gasteiger partial charge in [0.25, 0.3) is 5.91 Å². The van der Waals surface area contributed by atoms with Crippen molar-refractivity contribution in [2.75, 3.05) is 24.5 Å². The summed E-state index contributed by atoms with van der Waals surface area (Å²) in [5, 5.41) is 0. The molecule has 0 unspecified atom stereocenters.